The summed E-state index contributed by atoms with van der Waals surface area (Å²) in [5.74, 6) is 0.297. The van der Waals surface area contributed by atoms with Crippen LogP contribution in [0.3, 0.4) is 0 Å². The van der Waals surface area contributed by atoms with Gasteiger partial charge in [0.15, 0.2) is 0 Å². The lowest BCUT2D eigenvalue weighted by Crippen LogP contribution is -1.90. The first-order valence-corrected chi connectivity index (χ1v) is 6.35. The van der Waals surface area contributed by atoms with Crippen LogP contribution in [-0.2, 0) is 0 Å². The van der Waals surface area contributed by atoms with Crippen molar-refractivity contribution in [2.45, 2.75) is 20.3 Å². The zero-order valence-electron chi connectivity index (χ0n) is 12.2. The number of nitrogens with zero attached hydrogens (tertiary/aromatic N) is 1. The molecule has 0 fully saturated rings. The van der Waals surface area contributed by atoms with Crippen LogP contribution >= 0.6 is 0 Å². The van der Waals surface area contributed by atoms with Crippen LogP contribution in [0.1, 0.15) is 20.3 Å². The number of nitrogens with one attached hydrogen (secondary N) is 1. The molecule has 0 unspecified atom stereocenters. The van der Waals surface area contributed by atoms with Crippen LogP contribution in [0, 0.1) is 11.3 Å². The van der Waals surface area contributed by atoms with Gasteiger partial charge < -0.3 is 5.41 Å². The highest BCUT2D eigenvalue weighted by Gasteiger charge is 1.94. The van der Waals surface area contributed by atoms with Crippen LogP contribution in [0.2, 0.25) is 0 Å². The Bertz CT molecular complexity index is 434. The Hall–Kier alpha value is -1.96. The van der Waals surface area contributed by atoms with Crippen molar-refractivity contribution in [3.05, 3.63) is 60.8 Å². The van der Waals surface area contributed by atoms with Gasteiger partial charge in [-0.1, -0.05) is 44.4 Å². The van der Waals surface area contributed by atoms with Crippen molar-refractivity contribution in [2.75, 3.05) is 7.05 Å². The Kier molecular flexibility index (Phi) is 8.98. The Morgan fingerprint density at radius 1 is 1.37 bits per heavy atom. The molecule has 0 heterocycles. The summed E-state index contributed by atoms with van der Waals surface area (Å²) in [5.41, 5.74) is 2.87. The monoisotopic (exact) mass is 256 g/mol. The summed E-state index contributed by atoms with van der Waals surface area (Å²) in [7, 11) is 1.74. The first-order chi connectivity index (χ1) is 9.04. The molecule has 2 nitrogen and oxygen atoms in total. The number of allylic oxidation sites excluding steroid dienone is 8. The van der Waals surface area contributed by atoms with Crippen LogP contribution in [0.25, 0.3) is 0 Å². The lowest BCUT2D eigenvalue weighted by molar-refractivity contribution is 0.804. The van der Waals surface area contributed by atoms with Crippen molar-refractivity contribution in [3.8, 4) is 0 Å². The van der Waals surface area contributed by atoms with Crippen molar-refractivity contribution in [3.63, 3.8) is 0 Å². The van der Waals surface area contributed by atoms with Crippen LogP contribution in [0.4, 0.5) is 0 Å². The van der Waals surface area contributed by atoms with Crippen LogP contribution in [0.5, 0.6) is 0 Å². The lowest BCUT2D eigenvalue weighted by Gasteiger charge is -2.00. The third-order valence-electron chi connectivity index (χ3n) is 2.68. The van der Waals surface area contributed by atoms with Gasteiger partial charge in [-0.15, -0.1) is 0 Å². The molecule has 0 aliphatic rings. The fraction of sp³-hybridized carbons (Fsp3) is 0.294. The average molecular weight is 256 g/mol. The molecule has 0 radical (unpaired) electrons. The van der Waals surface area contributed by atoms with E-state index in [0.717, 1.165) is 23.3 Å². The number of hydrogen-bond acceptors (Lipinski definition) is 2. The van der Waals surface area contributed by atoms with Crippen molar-refractivity contribution in [1.82, 2.24) is 0 Å². The highest BCUT2D eigenvalue weighted by Crippen LogP contribution is 2.09. The molecule has 19 heavy (non-hydrogen) atoms. The van der Waals surface area contributed by atoms with E-state index in [4.69, 9.17) is 5.41 Å². The van der Waals surface area contributed by atoms with E-state index in [1.165, 1.54) is 6.21 Å². The van der Waals surface area contributed by atoms with E-state index in [9.17, 15) is 0 Å². The van der Waals surface area contributed by atoms with Crippen molar-refractivity contribution >= 4 is 11.9 Å². The lowest BCUT2D eigenvalue weighted by atomic mass is 10.1. The molecular weight excluding hydrogens is 232 g/mol. The van der Waals surface area contributed by atoms with Gasteiger partial charge in [0.2, 0.25) is 0 Å². The van der Waals surface area contributed by atoms with E-state index in [1.807, 2.05) is 38.2 Å². The fourth-order valence-electron chi connectivity index (χ4n) is 1.27. The molecule has 0 spiro atoms. The van der Waals surface area contributed by atoms with Crippen molar-refractivity contribution in [1.29, 1.82) is 5.41 Å². The van der Waals surface area contributed by atoms with E-state index in [1.54, 1.807) is 13.1 Å². The van der Waals surface area contributed by atoms with Crippen LogP contribution in [-0.4, -0.2) is 19.0 Å². The second-order valence-corrected chi connectivity index (χ2v) is 4.37. The second kappa shape index (κ2) is 10.0. The SMILES string of the molecule is C=CC(/C=C(\C)C(=C)/C=C\C=C/C[C@@H](C)C=N)=NC. The maximum absolute atomic E-state index is 7.10. The number of aliphatic imine (C=N–C) groups is 1. The summed E-state index contributed by atoms with van der Waals surface area (Å²) in [6.07, 6.45) is 14.0. The van der Waals surface area contributed by atoms with E-state index in [0.29, 0.717) is 5.92 Å². The number of hydrogen-bond donors (Lipinski definition) is 1. The quantitative estimate of drug-likeness (QED) is 0.489. The highest BCUT2D eigenvalue weighted by atomic mass is 14.7. The maximum atomic E-state index is 7.10. The molecule has 0 aliphatic carbocycles. The summed E-state index contributed by atoms with van der Waals surface area (Å²) < 4.78 is 0. The standard InChI is InChI=1S/C17H24N2/c1-6-17(19-5)12-16(4)15(3)11-9-7-8-10-14(2)13-18/h6-9,11-14,18H,1,3,10H2,2,4-5H3/b8-7-,11-9-,16-12+,18-13?,19-17?/t14-/m1/s1. The normalized spacial score (nSPS) is 14.9. The molecule has 0 aromatic rings. The van der Waals surface area contributed by atoms with Gasteiger partial charge in [-0.05, 0) is 48.8 Å². The Morgan fingerprint density at radius 3 is 2.58 bits per heavy atom. The summed E-state index contributed by atoms with van der Waals surface area (Å²) in [6.45, 7) is 11.7. The smallest absolute Gasteiger partial charge is 0.0567 e. The Morgan fingerprint density at radius 2 is 2.05 bits per heavy atom. The van der Waals surface area contributed by atoms with E-state index < -0.39 is 0 Å². The van der Waals surface area contributed by atoms with Crippen molar-refractivity contribution < 1.29 is 0 Å². The van der Waals surface area contributed by atoms with Gasteiger partial charge >= 0.3 is 0 Å². The molecule has 2 heteroatoms. The second-order valence-electron chi connectivity index (χ2n) is 4.37. The zero-order valence-corrected chi connectivity index (χ0v) is 12.2. The van der Waals surface area contributed by atoms with Gasteiger partial charge in [-0.2, -0.15) is 0 Å². The Balaban J connectivity index is 4.45. The van der Waals surface area contributed by atoms with Gasteiger partial charge in [0.25, 0.3) is 0 Å². The van der Waals surface area contributed by atoms with Gasteiger partial charge in [-0.25, -0.2) is 0 Å². The van der Waals surface area contributed by atoms with Crippen molar-refractivity contribution in [2.24, 2.45) is 10.9 Å². The minimum atomic E-state index is 0.297. The fourth-order valence-corrected chi connectivity index (χ4v) is 1.27. The summed E-state index contributed by atoms with van der Waals surface area (Å²) in [5, 5.41) is 7.10. The third kappa shape index (κ3) is 7.87. The molecule has 0 aromatic carbocycles. The predicted octanol–water partition coefficient (Wildman–Crippen LogP) is 4.53. The van der Waals surface area contributed by atoms with E-state index in [-0.39, 0.29) is 0 Å². The van der Waals surface area contributed by atoms with E-state index in [2.05, 4.69) is 24.2 Å². The molecule has 0 bridgehead atoms. The zero-order chi connectivity index (χ0) is 14.7. The summed E-state index contributed by atoms with van der Waals surface area (Å²) in [6, 6.07) is 0. The molecular formula is C17H24N2. The third-order valence-corrected chi connectivity index (χ3v) is 2.68. The van der Waals surface area contributed by atoms with Crippen LogP contribution in [0.15, 0.2) is 65.8 Å². The van der Waals surface area contributed by atoms with Gasteiger partial charge in [0, 0.05) is 7.05 Å². The first-order valence-electron chi connectivity index (χ1n) is 6.35. The highest BCUT2D eigenvalue weighted by molar-refractivity contribution is 6.04. The molecule has 0 saturated heterocycles. The predicted molar refractivity (Wildman–Crippen MR) is 87.3 cm³/mol. The molecule has 102 valence electrons. The largest absolute Gasteiger partial charge is 0.313 e. The average Bonchev–Trinajstić information content (AvgIpc) is 2.43. The maximum Gasteiger partial charge on any atom is 0.0567 e. The molecule has 0 rings (SSSR count). The summed E-state index contributed by atoms with van der Waals surface area (Å²) in [4.78, 5) is 4.09. The number of rotatable bonds is 8. The molecule has 0 amide bonds. The minimum Gasteiger partial charge on any atom is -0.313 e. The topological polar surface area (TPSA) is 36.2 Å². The van der Waals surface area contributed by atoms with Gasteiger partial charge in [-0.3, -0.25) is 4.99 Å². The first kappa shape index (κ1) is 17.0. The molecule has 0 aromatic heterocycles. The Labute approximate surface area is 117 Å². The molecule has 1 N–H and O–H groups in total. The molecule has 0 saturated carbocycles. The molecule has 1 atom stereocenters. The minimum absolute atomic E-state index is 0.297. The van der Waals surface area contributed by atoms with Gasteiger partial charge in [0.1, 0.15) is 0 Å². The van der Waals surface area contributed by atoms with Gasteiger partial charge in [0.05, 0.1) is 5.71 Å². The summed E-state index contributed by atoms with van der Waals surface area (Å²) >= 11 is 0. The molecule has 0 aliphatic heterocycles. The van der Waals surface area contributed by atoms with E-state index >= 15 is 0 Å². The van der Waals surface area contributed by atoms with Crippen LogP contribution < -0.4 is 0 Å².